The van der Waals surface area contributed by atoms with Gasteiger partial charge in [-0.25, -0.2) is 0 Å². The lowest BCUT2D eigenvalue weighted by Crippen LogP contribution is -2.17. The van der Waals surface area contributed by atoms with Crippen LogP contribution in [-0.4, -0.2) is 12.7 Å². The largest absolute Gasteiger partial charge is 0.493 e. The summed E-state index contributed by atoms with van der Waals surface area (Å²) in [5.41, 5.74) is 0.979. The number of halogens is 5. The molecule has 0 fully saturated rings. The lowest BCUT2D eigenvalue weighted by molar-refractivity contribution is -0.138. The van der Waals surface area contributed by atoms with Crippen LogP contribution >= 0.6 is 9.24 Å². The van der Waals surface area contributed by atoms with Gasteiger partial charge in [-0.3, -0.25) is 0 Å². The third-order valence-electron chi connectivity index (χ3n) is 4.24. The van der Waals surface area contributed by atoms with Crippen LogP contribution in [0.2, 0.25) is 0 Å². The van der Waals surface area contributed by atoms with Crippen molar-refractivity contribution < 1.29 is 31.4 Å². The van der Waals surface area contributed by atoms with Crippen LogP contribution < -0.4 is 15.2 Å². The average molecular weight is 445 g/mol. The van der Waals surface area contributed by atoms with Crippen molar-refractivity contribution in [2.75, 3.05) is 6.61 Å². The predicted octanol–water partition coefficient (Wildman–Crippen LogP) is 5.31. The molecule has 2 aromatic rings. The van der Waals surface area contributed by atoms with Crippen molar-refractivity contribution in [2.45, 2.75) is 37.8 Å². The molecule has 0 aromatic heterocycles. The topological polar surface area (TPSA) is 44.5 Å². The quantitative estimate of drug-likeness (QED) is 0.341. The minimum absolute atomic E-state index is 0.0244. The maximum atomic E-state index is 13.7. The smallest absolute Gasteiger partial charge is 0.416 e. The Kier molecular flexibility index (Phi) is 7.68. The van der Waals surface area contributed by atoms with E-state index in [0.29, 0.717) is 6.42 Å². The van der Waals surface area contributed by atoms with Crippen LogP contribution in [0.15, 0.2) is 36.4 Å². The Bertz CT molecular complexity index is 919. The van der Waals surface area contributed by atoms with Crippen LogP contribution in [0.25, 0.3) is 0 Å². The highest BCUT2D eigenvalue weighted by molar-refractivity contribution is 7.17. The number of ether oxygens (including phenoxy) is 2. The van der Waals surface area contributed by atoms with Crippen molar-refractivity contribution >= 4 is 9.24 Å². The average Bonchev–Trinajstić information content (AvgIpc) is 2.66. The van der Waals surface area contributed by atoms with E-state index in [1.807, 2.05) is 0 Å². The summed E-state index contributed by atoms with van der Waals surface area (Å²) in [6, 6.07) is 7.60. The Labute approximate surface area is 173 Å². The van der Waals surface area contributed by atoms with E-state index in [9.17, 15) is 22.0 Å². The van der Waals surface area contributed by atoms with Gasteiger partial charge in [0.1, 0.15) is 11.5 Å². The van der Waals surface area contributed by atoms with Crippen molar-refractivity contribution in [1.82, 2.24) is 0 Å². The minimum atomic E-state index is -4.54. The summed E-state index contributed by atoms with van der Waals surface area (Å²) in [6.45, 7) is 1.51. The molecule has 2 unspecified atom stereocenters. The second-order valence-corrected chi connectivity index (χ2v) is 7.29. The minimum Gasteiger partial charge on any atom is -0.493 e. The number of rotatable bonds is 8. The predicted molar refractivity (Wildman–Crippen MR) is 108 cm³/mol. The van der Waals surface area contributed by atoms with Gasteiger partial charge in [0.05, 0.1) is 18.3 Å². The lowest BCUT2D eigenvalue weighted by Gasteiger charge is -2.19. The highest BCUT2D eigenvalue weighted by atomic mass is 31.0. The van der Waals surface area contributed by atoms with E-state index in [-0.39, 0.29) is 41.3 Å². The highest BCUT2D eigenvalue weighted by Crippen LogP contribution is 2.38. The van der Waals surface area contributed by atoms with Gasteiger partial charge in [-0.05, 0) is 42.8 Å². The molecule has 0 radical (unpaired) electrons. The van der Waals surface area contributed by atoms with Crippen LogP contribution in [0.3, 0.4) is 0 Å². The molecular formula is C21H21F5NO2P. The zero-order valence-corrected chi connectivity index (χ0v) is 17.3. The summed E-state index contributed by atoms with van der Waals surface area (Å²) in [5.74, 6) is 2.45. The molecule has 0 amide bonds. The van der Waals surface area contributed by atoms with E-state index in [1.54, 1.807) is 6.92 Å². The fourth-order valence-electron chi connectivity index (χ4n) is 2.72. The lowest BCUT2D eigenvalue weighted by atomic mass is 10.1. The van der Waals surface area contributed by atoms with Crippen LogP contribution in [0.1, 0.15) is 35.6 Å². The normalized spacial score (nSPS) is 12.9. The maximum Gasteiger partial charge on any atom is 0.416 e. The number of benzene rings is 2. The van der Waals surface area contributed by atoms with Crippen LogP contribution in [0.4, 0.5) is 22.0 Å². The van der Waals surface area contributed by atoms with Gasteiger partial charge < -0.3 is 15.2 Å². The summed E-state index contributed by atoms with van der Waals surface area (Å²) in [5, 5.41) is 0. The Morgan fingerprint density at radius 1 is 1.07 bits per heavy atom. The molecule has 2 atom stereocenters. The molecule has 0 heterocycles. The molecule has 2 rings (SSSR count). The van der Waals surface area contributed by atoms with Gasteiger partial charge in [-0.2, -0.15) is 22.0 Å². The van der Waals surface area contributed by atoms with E-state index in [2.05, 4.69) is 5.92 Å². The van der Waals surface area contributed by atoms with E-state index in [0.717, 1.165) is 6.07 Å². The van der Waals surface area contributed by atoms with E-state index >= 15 is 0 Å². The monoisotopic (exact) mass is 445 g/mol. The van der Waals surface area contributed by atoms with Crippen molar-refractivity contribution in [3.8, 4) is 23.8 Å². The van der Waals surface area contributed by atoms with Gasteiger partial charge in [0.25, 0.3) is 5.66 Å². The second-order valence-electron chi connectivity index (χ2n) is 6.56. The first-order valence-corrected chi connectivity index (χ1v) is 9.51. The van der Waals surface area contributed by atoms with Gasteiger partial charge in [0.2, 0.25) is 0 Å². The van der Waals surface area contributed by atoms with Gasteiger partial charge in [0.15, 0.2) is 0 Å². The SMILES string of the molecule is C#Cc1ccc(OC(C)CCOc2ccc(CN)c(C(F)(F)F)c2)cc1C(F)(F)P. The van der Waals surface area contributed by atoms with Crippen LogP contribution in [-0.2, 0) is 18.4 Å². The number of alkyl halides is 5. The summed E-state index contributed by atoms with van der Waals surface area (Å²) in [6.07, 6.45) is 0.575. The highest BCUT2D eigenvalue weighted by Gasteiger charge is 2.33. The first kappa shape index (κ1) is 23.9. The Morgan fingerprint density at radius 2 is 1.70 bits per heavy atom. The molecule has 3 nitrogen and oxygen atoms in total. The molecule has 0 bridgehead atoms. The summed E-state index contributed by atoms with van der Waals surface area (Å²) >= 11 is 0. The maximum absolute atomic E-state index is 13.7. The number of nitrogens with two attached hydrogens (primary N) is 1. The molecular weight excluding hydrogens is 424 g/mol. The molecule has 9 heteroatoms. The van der Waals surface area contributed by atoms with Crippen molar-refractivity contribution in [3.05, 3.63) is 58.7 Å². The van der Waals surface area contributed by atoms with Crippen molar-refractivity contribution in [2.24, 2.45) is 5.73 Å². The molecule has 0 saturated carbocycles. The third-order valence-corrected chi connectivity index (χ3v) is 4.55. The third kappa shape index (κ3) is 6.32. The second kappa shape index (κ2) is 9.63. The Morgan fingerprint density at radius 3 is 2.27 bits per heavy atom. The molecule has 2 aromatic carbocycles. The molecule has 162 valence electrons. The van der Waals surface area contributed by atoms with E-state index in [1.165, 1.54) is 39.6 Å². The summed E-state index contributed by atoms with van der Waals surface area (Å²) in [4.78, 5) is 0. The van der Waals surface area contributed by atoms with Crippen molar-refractivity contribution in [3.63, 3.8) is 0 Å². The Hall–Kier alpha value is -2.36. The van der Waals surface area contributed by atoms with Gasteiger partial charge >= 0.3 is 6.18 Å². The number of hydrogen-bond donors (Lipinski definition) is 1. The number of terminal acetylenes is 1. The first-order valence-electron chi connectivity index (χ1n) is 8.93. The van der Waals surface area contributed by atoms with Crippen molar-refractivity contribution in [1.29, 1.82) is 0 Å². The summed E-state index contributed by atoms with van der Waals surface area (Å²) < 4.78 is 77.6. The zero-order chi connectivity index (χ0) is 22.5. The molecule has 0 spiro atoms. The fraction of sp³-hybridized carbons (Fsp3) is 0.333. The molecule has 30 heavy (non-hydrogen) atoms. The van der Waals surface area contributed by atoms with Gasteiger partial charge in [-0.1, -0.05) is 21.2 Å². The summed E-state index contributed by atoms with van der Waals surface area (Å²) in [7, 11) is 1.43. The molecule has 0 saturated heterocycles. The standard InChI is InChI=1S/C21H21F5NO2P/c1-3-14-4-7-17(11-19(14)21(25,26)30)29-13(2)8-9-28-16-6-5-15(12-27)18(10-16)20(22,23)24/h1,4-7,10-11,13H,8-9,12,27,30H2,2H3. The van der Waals surface area contributed by atoms with Crippen LogP contribution in [0, 0.1) is 12.3 Å². The fourth-order valence-corrected chi connectivity index (χ4v) is 2.96. The zero-order valence-electron chi connectivity index (χ0n) is 16.1. The molecule has 2 N–H and O–H groups in total. The van der Waals surface area contributed by atoms with Crippen LogP contribution in [0.5, 0.6) is 11.5 Å². The van der Waals surface area contributed by atoms with Gasteiger partial charge in [-0.15, -0.1) is 6.42 Å². The number of hydrogen-bond acceptors (Lipinski definition) is 3. The van der Waals surface area contributed by atoms with Gasteiger partial charge in [0, 0.05) is 24.1 Å². The first-order chi connectivity index (χ1) is 14.0. The van der Waals surface area contributed by atoms with E-state index < -0.39 is 23.5 Å². The Balaban J connectivity index is 1.99. The molecule has 0 aliphatic heterocycles. The molecule has 0 aliphatic carbocycles. The molecule has 0 aliphatic rings. The van der Waals surface area contributed by atoms with E-state index in [4.69, 9.17) is 21.6 Å².